The summed E-state index contributed by atoms with van der Waals surface area (Å²) in [6, 6.07) is 8.96. The quantitative estimate of drug-likeness (QED) is 0.592. The van der Waals surface area contributed by atoms with Crippen LogP contribution in [0.25, 0.3) is 0 Å². The van der Waals surface area contributed by atoms with Gasteiger partial charge < -0.3 is 4.74 Å². The molecular weight excluding hydrogens is 305 g/mol. The van der Waals surface area contributed by atoms with Gasteiger partial charge in [-0.1, -0.05) is 6.92 Å². The van der Waals surface area contributed by atoms with Crippen molar-refractivity contribution in [3.8, 4) is 5.75 Å². The number of hydrogen-bond donors (Lipinski definition) is 0. The van der Waals surface area contributed by atoms with Gasteiger partial charge >= 0.3 is 30.0 Å². The van der Waals surface area contributed by atoms with Crippen LogP contribution >= 0.6 is 13.6 Å². The Kier molecular flexibility index (Phi) is 6.51. The van der Waals surface area contributed by atoms with Crippen LogP contribution in [0.2, 0.25) is 0 Å². The second-order valence-corrected chi connectivity index (χ2v) is 3.72. The van der Waals surface area contributed by atoms with Crippen LogP contribution in [0, 0.1) is 13.0 Å². The minimum absolute atomic E-state index is 0.453. The molecule has 3 heteroatoms. The van der Waals surface area contributed by atoms with E-state index < -0.39 is 0 Å². The summed E-state index contributed by atoms with van der Waals surface area (Å²) < 4.78 is 5.87. The van der Waals surface area contributed by atoms with Gasteiger partial charge in [0.1, 0.15) is 0 Å². The van der Waals surface area contributed by atoms with Crippen LogP contribution in [0.5, 0.6) is 5.75 Å². The summed E-state index contributed by atoms with van der Waals surface area (Å²) in [6.45, 7) is 2.08. The number of halogens is 1. The molecule has 1 aromatic rings. The first-order valence-electron chi connectivity index (χ1n) is 5.26. The van der Waals surface area contributed by atoms with E-state index in [1.165, 1.54) is 47.6 Å². The molecule has 0 amide bonds. The molecule has 0 spiro atoms. The molecule has 15 heavy (non-hydrogen) atoms. The topological polar surface area (TPSA) is 9.23 Å². The van der Waals surface area contributed by atoms with Crippen molar-refractivity contribution in [1.82, 2.24) is 0 Å². The summed E-state index contributed by atoms with van der Waals surface area (Å²) in [7, 11) is 0. The molecule has 78 valence electrons. The predicted octanol–water partition coefficient (Wildman–Crippen LogP) is 3.96. The van der Waals surface area contributed by atoms with Gasteiger partial charge in [-0.3, -0.25) is 0 Å². The van der Waals surface area contributed by atoms with Crippen LogP contribution in [0.3, 0.4) is 0 Å². The Morgan fingerprint density at radius 3 is 2.67 bits per heavy atom. The van der Waals surface area contributed by atoms with E-state index in [4.69, 9.17) is 4.74 Å². The van der Waals surface area contributed by atoms with Crippen LogP contribution in [-0.2, 0) is 16.3 Å². The Morgan fingerprint density at radius 2 is 2.07 bits per heavy atom. The average molecular weight is 321 g/mol. The standard InChI is InChI=1S/C12H15O.BrH.Zn/c1-10-6-2-5-9-12(10)13-11-7-3-4-8-11;;/h2,6,9,11H,3-4,7-8H2,1H3;1H;/q-1;;+2/p-1. The second-order valence-electron chi connectivity index (χ2n) is 3.72. The van der Waals surface area contributed by atoms with E-state index in [-0.39, 0.29) is 0 Å². The van der Waals surface area contributed by atoms with E-state index in [0.29, 0.717) is 6.10 Å². The van der Waals surface area contributed by atoms with Gasteiger partial charge in [-0.05, 0) is 25.7 Å². The fraction of sp³-hybridized carbons (Fsp3) is 0.500. The summed E-state index contributed by atoms with van der Waals surface area (Å²) in [6.07, 6.45) is 5.53. The van der Waals surface area contributed by atoms with Gasteiger partial charge in [0, 0.05) is 5.75 Å². The molecule has 1 aliphatic rings. The van der Waals surface area contributed by atoms with Gasteiger partial charge in [0.05, 0.1) is 6.10 Å². The number of ether oxygens (including phenoxy) is 1. The Bertz CT molecular complexity index is 285. The Labute approximate surface area is 109 Å². The number of hydrogen-bond acceptors (Lipinski definition) is 1. The normalized spacial score (nSPS) is 15.7. The van der Waals surface area contributed by atoms with Crippen LogP contribution < -0.4 is 4.74 Å². The summed E-state index contributed by atoms with van der Waals surface area (Å²) in [5.41, 5.74) is 1.21. The molecule has 1 saturated carbocycles. The second kappa shape index (κ2) is 7.41. The summed E-state index contributed by atoms with van der Waals surface area (Å²) in [4.78, 5) is 0. The van der Waals surface area contributed by atoms with Crippen LogP contribution in [0.4, 0.5) is 0 Å². The van der Waals surface area contributed by atoms with Crippen molar-refractivity contribution in [2.75, 3.05) is 0 Å². The molecule has 1 nitrogen and oxygen atoms in total. The van der Waals surface area contributed by atoms with E-state index in [1.54, 1.807) is 0 Å². The van der Waals surface area contributed by atoms with Crippen molar-refractivity contribution in [2.24, 2.45) is 0 Å². The zero-order valence-electron chi connectivity index (χ0n) is 9.13. The average Bonchev–Trinajstić information content (AvgIpc) is 2.77. The monoisotopic (exact) mass is 318 g/mol. The molecular formula is C12H15BrOZn. The van der Waals surface area contributed by atoms with Crippen LogP contribution in [0.1, 0.15) is 31.2 Å². The maximum absolute atomic E-state index is 5.87. The summed E-state index contributed by atoms with van der Waals surface area (Å²) in [5, 5.41) is 0. The summed E-state index contributed by atoms with van der Waals surface area (Å²) in [5.74, 6) is 1.01. The van der Waals surface area contributed by atoms with Gasteiger partial charge in [0.25, 0.3) is 0 Å². The van der Waals surface area contributed by atoms with E-state index in [0.717, 1.165) is 5.75 Å². The fourth-order valence-corrected chi connectivity index (χ4v) is 1.81. The van der Waals surface area contributed by atoms with Gasteiger partial charge in [-0.25, -0.2) is 0 Å². The van der Waals surface area contributed by atoms with Gasteiger partial charge in [0.15, 0.2) is 0 Å². The van der Waals surface area contributed by atoms with Crippen molar-refractivity contribution in [1.29, 1.82) is 0 Å². The molecule has 2 rings (SSSR count). The van der Waals surface area contributed by atoms with Crippen molar-refractivity contribution >= 4 is 13.6 Å². The number of aryl methyl sites for hydroxylation is 1. The van der Waals surface area contributed by atoms with Gasteiger partial charge in [-0.15, -0.1) is 11.6 Å². The molecule has 0 heterocycles. The third kappa shape index (κ3) is 4.24. The van der Waals surface area contributed by atoms with E-state index in [1.807, 2.05) is 18.2 Å². The minimum atomic E-state index is 0.453. The first-order valence-corrected chi connectivity index (χ1v) is 12.2. The third-order valence-corrected chi connectivity index (χ3v) is 2.63. The Hall–Kier alpha value is 0.123. The molecule has 0 saturated heterocycles. The molecule has 0 atom stereocenters. The SMILES string of the molecule is Cc1cc[c-]cc1OC1CCCC1.[Zn+][Br]. The molecule has 0 aliphatic heterocycles. The van der Waals surface area contributed by atoms with Crippen LogP contribution in [-0.4, -0.2) is 6.10 Å². The number of benzene rings is 1. The maximum atomic E-state index is 5.87. The first kappa shape index (κ1) is 13.2. The Morgan fingerprint density at radius 1 is 1.40 bits per heavy atom. The van der Waals surface area contributed by atoms with Crippen molar-refractivity contribution < 1.29 is 21.1 Å². The molecule has 1 aromatic carbocycles. The molecule has 0 bridgehead atoms. The summed E-state index contributed by atoms with van der Waals surface area (Å²) >= 11 is 4.25. The number of rotatable bonds is 2. The van der Waals surface area contributed by atoms with Crippen molar-refractivity contribution in [3.05, 3.63) is 29.8 Å². The fourth-order valence-electron chi connectivity index (χ4n) is 1.81. The zero-order chi connectivity index (χ0) is 11.1. The van der Waals surface area contributed by atoms with E-state index in [2.05, 4.69) is 26.6 Å². The molecule has 0 N–H and O–H groups in total. The van der Waals surface area contributed by atoms with Crippen LogP contribution in [0.15, 0.2) is 18.2 Å². The van der Waals surface area contributed by atoms with Crippen molar-refractivity contribution in [2.45, 2.75) is 38.7 Å². The van der Waals surface area contributed by atoms with Gasteiger partial charge in [-0.2, -0.15) is 18.2 Å². The molecule has 0 aromatic heterocycles. The zero-order valence-corrected chi connectivity index (χ0v) is 13.7. The Balaban J connectivity index is 0.000000531. The molecule has 0 radical (unpaired) electrons. The molecule has 0 unspecified atom stereocenters. The van der Waals surface area contributed by atoms with Crippen molar-refractivity contribution in [3.63, 3.8) is 0 Å². The predicted molar refractivity (Wildman–Crippen MR) is 61.8 cm³/mol. The molecule has 1 fully saturated rings. The molecule has 1 aliphatic carbocycles. The van der Waals surface area contributed by atoms with E-state index >= 15 is 0 Å². The third-order valence-electron chi connectivity index (χ3n) is 2.63. The van der Waals surface area contributed by atoms with Gasteiger partial charge in [0.2, 0.25) is 0 Å². The first-order chi connectivity index (χ1) is 7.36. The van der Waals surface area contributed by atoms with E-state index in [9.17, 15) is 0 Å².